The lowest BCUT2D eigenvalue weighted by Crippen LogP contribution is -2.44. The summed E-state index contributed by atoms with van der Waals surface area (Å²) in [4.78, 5) is 18.8. The minimum Gasteiger partial charge on any atom is -0.480 e. The molecule has 1 amide bonds. The molecule has 1 aliphatic rings. The van der Waals surface area contributed by atoms with Crippen LogP contribution >= 0.6 is 0 Å². The third-order valence-electron chi connectivity index (χ3n) is 4.55. The molecule has 0 fully saturated rings. The maximum Gasteiger partial charge on any atom is 0.256 e. The van der Waals surface area contributed by atoms with E-state index in [4.69, 9.17) is 4.74 Å². The highest BCUT2D eigenvalue weighted by molar-refractivity contribution is 5.96. The van der Waals surface area contributed by atoms with E-state index in [9.17, 15) is 4.79 Å². The Hall–Kier alpha value is -2.40. The summed E-state index contributed by atoms with van der Waals surface area (Å²) in [7, 11) is 1.52. The van der Waals surface area contributed by atoms with E-state index in [0.29, 0.717) is 18.0 Å². The Morgan fingerprint density at radius 2 is 2.08 bits per heavy atom. The molecular formula is C19H23N3O2. The van der Waals surface area contributed by atoms with Crippen LogP contribution in [0, 0.1) is 0 Å². The van der Waals surface area contributed by atoms with Crippen LogP contribution in [0.5, 0.6) is 5.88 Å². The molecule has 126 valence electrons. The van der Waals surface area contributed by atoms with Gasteiger partial charge in [0.05, 0.1) is 7.11 Å². The summed E-state index contributed by atoms with van der Waals surface area (Å²) >= 11 is 0. The highest BCUT2D eigenvalue weighted by Gasteiger charge is 2.21. The zero-order valence-corrected chi connectivity index (χ0v) is 14.2. The highest BCUT2D eigenvalue weighted by atomic mass is 16.5. The minimum atomic E-state index is -0.149. The molecule has 1 aromatic heterocycles. The molecule has 2 heterocycles. The molecule has 0 saturated carbocycles. The number of carbonyl (C=O) groups is 1. The molecule has 0 bridgehead atoms. The number of nitrogens with one attached hydrogen (secondary N) is 1. The van der Waals surface area contributed by atoms with Gasteiger partial charge < -0.3 is 10.1 Å². The van der Waals surface area contributed by atoms with E-state index in [1.807, 2.05) is 0 Å². The van der Waals surface area contributed by atoms with E-state index >= 15 is 0 Å². The lowest BCUT2D eigenvalue weighted by atomic mass is 9.99. The van der Waals surface area contributed by atoms with Crippen molar-refractivity contribution < 1.29 is 9.53 Å². The summed E-state index contributed by atoms with van der Waals surface area (Å²) < 4.78 is 5.15. The first-order chi connectivity index (χ1) is 11.7. The topological polar surface area (TPSA) is 54.5 Å². The zero-order chi connectivity index (χ0) is 16.9. The Morgan fingerprint density at radius 1 is 1.29 bits per heavy atom. The Balaban J connectivity index is 1.58. The molecule has 0 aliphatic carbocycles. The number of fused-ring (bicyclic) bond motifs is 1. The number of aromatic nitrogens is 1. The Bertz CT molecular complexity index is 717. The van der Waals surface area contributed by atoms with Gasteiger partial charge in [-0.2, -0.15) is 0 Å². The smallest absolute Gasteiger partial charge is 0.256 e. The van der Waals surface area contributed by atoms with E-state index in [1.165, 1.54) is 18.2 Å². The third kappa shape index (κ3) is 3.57. The summed E-state index contributed by atoms with van der Waals surface area (Å²) in [5, 5.41) is 2.99. The van der Waals surface area contributed by atoms with Gasteiger partial charge in [0.25, 0.3) is 5.91 Å². The van der Waals surface area contributed by atoms with Crippen LogP contribution in [0.3, 0.4) is 0 Å². The summed E-state index contributed by atoms with van der Waals surface area (Å²) in [6, 6.07) is 12.3. The fraction of sp³-hybridized carbons (Fsp3) is 0.368. The van der Waals surface area contributed by atoms with E-state index in [-0.39, 0.29) is 11.9 Å². The molecule has 1 aromatic carbocycles. The lowest BCUT2D eigenvalue weighted by Gasteiger charge is -2.33. The van der Waals surface area contributed by atoms with Crippen LogP contribution in [-0.4, -0.2) is 42.0 Å². The number of methoxy groups -OCH3 is 1. The van der Waals surface area contributed by atoms with Crippen molar-refractivity contribution in [3.8, 4) is 5.88 Å². The van der Waals surface area contributed by atoms with Crippen LogP contribution in [0.1, 0.15) is 28.4 Å². The van der Waals surface area contributed by atoms with Crippen LogP contribution in [0.25, 0.3) is 0 Å². The van der Waals surface area contributed by atoms with Crippen molar-refractivity contribution in [1.29, 1.82) is 0 Å². The monoisotopic (exact) mass is 325 g/mol. The molecule has 1 aliphatic heterocycles. The second-order valence-electron chi connectivity index (χ2n) is 6.11. The number of carbonyl (C=O) groups excluding carboxylic acids is 1. The maximum absolute atomic E-state index is 12.4. The molecule has 3 rings (SSSR count). The van der Waals surface area contributed by atoms with Crippen molar-refractivity contribution in [2.45, 2.75) is 25.9 Å². The molecule has 2 aromatic rings. The van der Waals surface area contributed by atoms with Gasteiger partial charge in [-0.25, -0.2) is 4.98 Å². The van der Waals surface area contributed by atoms with Crippen LogP contribution in [0.15, 0.2) is 42.6 Å². The molecule has 24 heavy (non-hydrogen) atoms. The van der Waals surface area contributed by atoms with Gasteiger partial charge in [-0.1, -0.05) is 24.3 Å². The summed E-state index contributed by atoms with van der Waals surface area (Å²) in [6.07, 6.45) is 2.67. The van der Waals surface area contributed by atoms with E-state index in [2.05, 4.69) is 46.4 Å². The summed E-state index contributed by atoms with van der Waals surface area (Å²) in [5.74, 6) is 0.207. The predicted molar refractivity (Wildman–Crippen MR) is 93.1 cm³/mol. The summed E-state index contributed by atoms with van der Waals surface area (Å²) in [5.41, 5.74) is 3.29. The number of hydrogen-bond donors (Lipinski definition) is 1. The molecular weight excluding hydrogens is 302 g/mol. The highest BCUT2D eigenvalue weighted by Crippen LogP contribution is 2.20. The first kappa shape index (κ1) is 16.5. The average molecular weight is 325 g/mol. The zero-order valence-electron chi connectivity index (χ0n) is 14.2. The van der Waals surface area contributed by atoms with E-state index < -0.39 is 0 Å². The van der Waals surface area contributed by atoms with Gasteiger partial charge in [0.1, 0.15) is 5.56 Å². The van der Waals surface area contributed by atoms with Crippen LogP contribution in [0.4, 0.5) is 0 Å². The van der Waals surface area contributed by atoms with Crippen molar-refractivity contribution in [2.75, 3.05) is 20.2 Å². The van der Waals surface area contributed by atoms with Gasteiger partial charge in [0.15, 0.2) is 0 Å². The normalized spacial score (nSPS) is 15.4. The standard InChI is InChI=1S/C19H23N3O2/c1-14(22-11-9-15-6-3-4-7-16(15)13-22)12-21-18(23)17-8-5-10-20-19(17)24-2/h3-8,10,14H,9,11-13H2,1-2H3,(H,21,23). The molecule has 1 unspecified atom stereocenters. The molecule has 5 heteroatoms. The number of hydrogen-bond acceptors (Lipinski definition) is 4. The quantitative estimate of drug-likeness (QED) is 0.916. The number of pyridine rings is 1. The van der Waals surface area contributed by atoms with Gasteiger partial charge in [-0.05, 0) is 36.6 Å². The number of nitrogens with zero attached hydrogens (tertiary/aromatic N) is 2. The second kappa shape index (κ2) is 7.45. The lowest BCUT2D eigenvalue weighted by molar-refractivity contribution is 0.0928. The first-order valence-electron chi connectivity index (χ1n) is 8.27. The van der Waals surface area contributed by atoms with Crippen LogP contribution in [-0.2, 0) is 13.0 Å². The molecule has 1 N–H and O–H groups in total. The molecule has 0 saturated heterocycles. The second-order valence-corrected chi connectivity index (χ2v) is 6.11. The predicted octanol–water partition coefficient (Wildman–Crippen LogP) is 2.27. The number of benzene rings is 1. The average Bonchev–Trinajstić information content (AvgIpc) is 2.65. The Kier molecular flexibility index (Phi) is 5.11. The molecule has 5 nitrogen and oxygen atoms in total. The largest absolute Gasteiger partial charge is 0.480 e. The van der Waals surface area contributed by atoms with Gasteiger partial charge in [0, 0.05) is 31.9 Å². The van der Waals surface area contributed by atoms with Crippen molar-refractivity contribution in [3.63, 3.8) is 0 Å². The number of amides is 1. The minimum absolute atomic E-state index is 0.149. The maximum atomic E-state index is 12.4. The van der Waals surface area contributed by atoms with Crippen molar-refractivity contribution in [3.05, 3.63) is 59.3 Å². The van der Waals surface area contributed by atoms with Crippen molar-refractivity contribution in [2.24, 2.45) is 0 Å². The van der Waals surface area contributed by atoms with Gasteiger partial charge >= 0.3 is 0 Å². The van der Waals surface area contributed by atoms with E-state index in [0.717, 1.165) is 19.5 Å². The number of ether oxygens (including phenoxy) is 1. The third-order valence-corrected chi connectivity index (χ3v) is 4.55. The first-order valence-corrected chi connectivity index (χ1v) is 8.27. The van der Waals surface area contributed by atoms with Gasteiger partial charge in [-0.3, -0.25) is 9.69 Å². The van der Waals surface area contributed by atoms with Crippen molar-refractivity contribution >= 4 is 5.91 Å². The molecule has 0 radical (unpaired) electrons. The van der Waals surface area contributed by atoms with Crippen molar-refractivity contribution in [1.82, 2.24) is 15.2 Å². The Labute approximate surface area is 142 Å². The summed E-state index contributed by atoms with van der Waals surface area (Å²) in [6.45, 7) is 4.70. The molecule has 1 atom stereocenters. The van der Waals surface area contributed by atoms with Gasteiger partial charge in [0.2, 0.25) is 5.88 Å². The fourth-order valence-corrected chi connectivity index (χ4v) is 3.08. The fourth-order valence-electron chi connectivity index (χ4n) is 3.08. The van der Waals surface area contributed by atoms with Crippen LogP contribution < -0.4 is 10.1 Å². The molecule has 0 spiro atoms. The number of rotatable bonds is 5. The van der Waals surface area contributed by atoms with E-state index in [1.54, 1.807) is 18.3 Å². The Morgan fingerprint density at radius 3 is 2.88 bits per heavy atom. The van der Waals surface area contributed by atoms with Crippen LogP contribution in [0.2, 0.25) is 0 Å². The SMILES string of the molecule is COc1ncccc1C(=O)NCC(C)N1CCc2ccccc2C1. The van der Waals surface area contributed by atoms with Gasteiger partial charge in [-0.15, -0.1) is 0 Å².